The van der Waals surface area contributed by atoms with Gasteiger partial charge in [0.15, 0.2) is 0 Å². The fourth-order valence-corrected chi connectivity index (χ4v) is 5.97. The zero-order chi connectivity index (χ0) is 22.1. The average Bonchev–Trinajstić information content (AvgIpc) is 2.61. The average molecular weight is 462 g/mol. The molecule has 0 bridgehead atoms. The molecule has 0 spiro atoms. The molecule has 2 rings (SSSR count). The predicted molar refractivity (Wildman–Crippen MR) is 95.5 cm³/mol. The van der Waals surface area contributed by atoms with Crippen molar-refractivity contribution < 1.29 is 38.8 Å². The molecule has 0 aliphatic heterocycles. The van der Waals surface area contributed by atoms with E-state index >= 15 is 0 Å². The van der Waals surface area contributed by atoms with Crippen LogP contribution in [0, 0.1) is 11.6 Å². The first kappa shape index (κ1) is 23.7. The van der Waals surface area contributed by atoms with Crippen LogP contribution in [0.4, 0.5) is 22.0 Å². The number of rotatable bonds is 7. The topological polar surface area (TPSA) is 92.3 Å². The summed E-state index contributed by atoms with van der Waals surface area (Å²) in [6.45, 7) is 3.16. The van der Waals surface area contributed by atoms with Crippen LogP contribution in [0.15, 0.2) is 30.9 Å². The predicted octanol–water partition coefficient (Wildman–Crippen LogP) is 2.65. The summed E-state index contributed by atoms with van der Waals surface area (Å²) in [7, 11) is -9.95. The van der Waals surface area contributed by atoms with Gasteiger partial charge in [0.2, 0.25) is 10.0 Å². The Morgan fingerprint density at radius 1 is 1.14 bits per heavy atom. The number of hydrogen-bond donors (Lipinski definition) is 2. The van der Waals surface area contributed by atoms with Gasteiger partial charge in [-0.25, -0.2) is 35.1 Å². The van der Waals surface area contributed by atoms with E-state index in [1.165, 1.54) is 10.8 Å². The molecule has 0 atom stereocenters. The van der Waals surface area contributed by atoms with E-state index in [9.17, 15) is 38.8 Å². The molecule has 164 valence electrons. The first-order chi connectivity index (χ1) is 13.3. The van der Waals surface area contributed by atoms with Crippen LogP contribution in [0.25, 0.3) is 0 Å². The summed E-state index contributed by atoms with van der Waals surface area (Å²) in [5, 5.41) is 0. The molecule has 1 aliphatic carbocycles. The summed E-state index contributed by atoms with van der Waals surface area (Å²) in [4.78, 5) is 0. The lowest BCUT2D eigenvalue weighted by Crippen LogP contribution is -2.51. The van der Waals surface area contributed by atoms with E-state index in [1.54, 1.807) is 0 Å². The smallest absolute Gasteiger partial charge is 0.211 e. The van der Waals surface area contributed by atoms with E-state index < -0.39 is 66.4 Å². The van der Waals surface area contributed by atoms with E-state index in [-0.39, 0.29) is 19.4 Å². The number of hydrogen-bond acceptors (Lipinski definition) is 4. The van der Waals surface area contributed by atoms with Gasteiger partial charge in [0.25, 0.3) is 0 Å². The second-order valence-corrected chi connectivity index (χ2v) is 10.4. The van der Waals surface area contributed by atoms with E-state index in [2.05, 4.69) is 11.3 Å². The molecule has 1 fully saturated rings. The minimum atomic E-state index is -5.63. The van der Waals surface area contributed by atoms with Crippen LogP contribution in [-0.2, 0) is 24.8 Å². The summed E-state index contributed by atoms with van der Waals surface area (Å²) in [6, 6.07) is 1.08. The molecule has 6 nitrogen and oxygen atoms in total. The van der Waals surface area contributed by atoms with Gasteiger partial charge in [-0.15, -0.1) is 6.58 Å². The Morgan fingerprint density at radius 3 is 2.24 bits per heavy atom. The summed E-state index contributed by atoms with van der Waals surface area (Å²) < 4.78 is 116. The normalized spacial score (nSPS) is 23.7. The lowest BCUT2D eigenvalue weighted by Gasteiger charge is -2.40. The zero-order valence-corrected chi connectivity index (χ0v) is 16.6. The Labute approximate surface area is 165 Å². The molecule has 0 saturated heterocycles. The maximum absolute atomic E-state index is 14.4. The van der Waals surface area contributed by atoms with Gasteiger partial charge >= 0.3 is 15.5 Å². The van der Waals surface area contributed by atoms with Crippen molar-refractivity contribution in [2.24, 2.45) is 0 Å². The van der Waals surface area contributed by atoms with Crippen molar-refractivity contribution in [1.29, 1.82) is 0 Å². The third-order valence-electron chi connectivity index (χ3n) is 4.77. The summed E-state index contributed by atoms with van der Waals surface area (Å²) in [5.41, 5.74) is -5.99. The van der Waals surface area contributed by atoms with E-state index in [0.29, 0.717) is 0 Å². The highest BCUT2D eigenvalue weighted by molar-refractivity contribution is 7.90. The molecule has 1 saturated carbocycles. The van der Waals surface area contributed by atoms with Crippen LogP contribution >= 0.6 is 0 Å². The number of sulfonamides is 2. The van der Waals surface area contributed by atoms with Crippen molar-refractivity contribution in [3.63, 3.8) is 0 Å². The molecule has 1 aromatic carbocycles. The van der Waals surface area contributed by atoms with Crippen molar-refractivity contribution in [2.45, 2.75) is 42.0 Å². The Kier molecular flexibility index (Phi) is 6.77. The van der Waals surface area contributed by atoms with Crippen molar-refractivity contribution in [1.82, 2.24) is 9.44 Å². The third kappa shape index (κ3) is 4.78. The van der Waals surface area contributed by atoms with Crippen LogP contribution in [0.1, 0.15) is 31.2 Å². The Morgan fingerprint density at radius 2 is 1.72 bits per heavy atom. The van der Waals surface area contributed by atoms with Crippen molar-refractivity contribution in [3.05, 3.63) is 48.1 Å². The number of nitrogens with one attached hydrogen (secondary N) is 2. The van der Waals surface area contributed by atoms with Crippen molar-refractivity contribution >= 4 is 20.0 Å². The van der Waals surface area contributed by atoms with Crippen molar-refractivity contribution in [3.8, 4) is 0 Å². The highest BCUT2D eigenvalue weighted by Gasteiger charge is 2.52. The molecule has 0 unspecified atom stereocenters. The van der Waals surface area contributed by atoms with Gasteiger partial charge in [0.05, 0.1) is 0 Å². The molecule has 0 radical (unpaired) electrons. The first-order valence-electron chi connectivity index (χ1n) is 8.40. The van der Waals surface area contributed by atoms with Gasteiger partial charge < -0.3 is 0 Å². The standard InChI is InChI=1S/C16H19F5N2O4S2/c1-2-9-22-28(24,25)15(13-10-11(17)3-4-14(13)18)7-5-12(6-8-15)23-29(26,27)16(19,20)21/h2-4,10,12,22-23H,1,5-9H2/t12-,15+. The Balaban J connectivity index is 2.41. The van der Waals surface area contributed by atoms with E-state index in [0.717, 1.165) is 18.2 Å². The maximum Gasteiger partial charge on any atom is 0.511 e. The summed E-state index contributed by atoms with van der Waals surface area (Å²) in [5.74, 6) is -1.88. The molecule has 1 aliphatic rings. The molecule has 0 amide bonds. The second-order valence-electron chi connectivity index (χ2n) is 6.60. The van der Waals surface area contributed by atoms with Crippen molar-refractivity contribution in [2.75, 3.05) is 6.54 Å². The second kappa shape index (κ2) is 8.28. The first-order valence-corrected chi connectivity index (χ1v) is 11.4. The van der Waals surface area contributed by atoms with Crippen LogP contribution in [-0.4, -0.2) is 34.9 Å². The number of alkyl halides is 3. The van der Waals surface area contributed by atoms with Gasteiger partial charge in [-0.2, -0.15) is 13.2 Å². The fraction of sp³-hybridized carbons (Fsp3) is 0.500. The quantitative estimate of drug-likeness (QED) is 0.482. The molecule has 2 N–H and O–H groups in total. The highest BCUT2D eigenvalue weighted by atomic mass is 32.2. The molecular weight excluding hydrogens is 443 g/mol. The van der Waals surface area contributed by atoms with Crippen LogP contribution in [0.5, 0.6) is 0 Å². The molecule has 29 heavy (non-hydrogen) atoms. The van der Waals surface area contributed by atoms with Gasteiger partial charge in [0.1, 0.15) is 16.4 Å². The third-order valence-corrected chi connectivity index (χ3v) is 8.23. The van der Waals surface area contributed by atoms with Crippen LogP contribution < -0.4 is 9.44 Å². The fourth-order valence-electron chi connectivity index (χ4n) is 3.32. The molecule has 13 heteroatoms. The molecule has 0 aromatic heterocycles. The Hall–Kier alpha value is -1.57. The Bertz CT molecular complexity index is 970. The van der Waals surface area contributed by atoms with Crippen LogP contribution in [0.3, 0.4) is 0 Å². The maximum atomic E-state index is 14.4. The highest BCUT2D eigenvalue weighted by Crippen LogP contribution is 2.45. The molecule has 0 heterocycles. The van der Waals surface area contributed by atoms with Gasteiger partial charge in [-0.3, -0.25) is 0 Å². The van der Waals surface area contributed by atoms with Gasteiger partial charge in [-0.1, -0.05) is 6.08 Å². The minimum Gasteiger partial charge on any atom is -0.211 e. The number of halogens is 5. The lowest BCUT2D eigenvalue weighted by molar-refractivity contribution is -0.0452. The van der Waals surface area contributed by atoms with Crippen LogP contribution in [0.2, 0.25) is 0 Å². The van der Waals surface area contributed by atoms with Gasteiger partial charge in [0, 0.05) is 18.2 Å². The molecular formula is C16H19F5N2O4S2. The number of benzene rings is 1. The van der Waals surface area contributed by atoms with E-state index in [1.807, 2.05) is 0 Å². The zero-order valence-electron chi connectivity index (χ0n) is 15.0. The lowest BCUT2D eigenvalue weighted by atomic mass is 9.81. The van der Waals surface area contributed by atoms with E-state index in [4.69, 9.17) is 0 Å². The molecule has 1 aromatic rings. The SMILES string of the molecule is C=CCNS(=O)(=O)[C@]1(c2cc(F)ccc2F)CC[C@H](NS(=O)(=O)C(F)(F)F)CC1. The monoisotopic (exact) mass is 462 g/mol. The largest absolute Gasteiger partial charge is 0.511 e. The summed E-state index contributed by atoms with van der Waals surface area (Å²) >= 11 is 0. The summed E-state index contributed by atoms with van der Waals surface area (Å²) in [6.07, 6.45) is -0.285. The van der Waals surface area contributed by atoms with Gasteiger partial charge in [-0.05, 0) is 43.9 Å². The minimum absolute atomic E-state index is 0.203.